The fourth-order valence-corrected chi connectivity index (χ4v) is 6.30. The molecular weight excluding hydrogens is 432 g/mol. The molecular formula is C22H30N4O3S2. The number of hydrogen-bond acceptors (Lipinski definition) is 6. The molecule has 168 valence electrons. The Kier molecular flexibility index (Phi) is 6.76. The van der Waals surface area contributed by atoms with Crippen LogP contribution in [0.25, 0.3) is 0 Å². The van der Waals surface area contributed by atoms with E-state index in [1.165, 1.54) is 35.0 Å². The first-order valence-corrected chi connectivity index (χ1v) is 13.3. The Balaban J connectivity index is 1.32. The Hall–Kier alpha value is -1.81. The largest absolute Gasteiger partial charge is 0.336 e. The molecule has 2 fully saturated rings. The third kappa shape index (κ3) is 5.00. The molecule has 2 heterocycles. The van der Waals surface area contributed by atoms with Gasteiger partial charge in [-0.1, -0.05) is 13.8 Å². The van der Waals surface area contributed by atoms with Crippen molar-refractivity contribution >= 4 is 27.3 Å². The number of piperazine rings is 1. The second-order valence-corrected chi connectivity index (χ2v) is 11.0. The van der Waals surface area contributed by atoms with Gasteiger partial charge in [-0.25, -0.2) is 13.4 Å². The number of carbonyl (C=O) groups is 1. The number of amides is 1. The first-order chi connectivity index (χ1) is 14.9. The van der Waals surface area contributed by atoms with Crippen molar-refractivity contribution in [1.29, 1.82) is 0 Å². The summed E-state index contributed by atoms with van der Waals surface area (Å²) in [6, 6.07) is 6.33. The van der Waals surface area contributed by atoms with Crippen LogP contribution < -0.4 is 0 Å². The summed E-state index contributed by atoms with van der Waals surface area (Å²) >= 11 is 1.74. The Bertz CT molecular complexity index is 1000. The number of thiazole rings is 1. The van der Waals surface area contributed by atoms with Gasteiger partial charge in [0.25, 0.3) is 5.91 Å². The minimum Gasteiger partial charge on any atom is -0.336 e. The SMILES string of the molecule is CCN(CC)S(=O)(=O)c1ccc(C(=O)N2CCN(Cc3nc(C4CC4)cs3)CC2)cc1. The summed E-state index contributed by atoms with van der Waals surface area (Å²) in [5.41, 5.74) is 1.78. The molecule has 0 atom stereocenters. The van der Waals surface area contributed by atoms with Gasteiger partial charge in [-0.3, -0.25) is 9.69 Å². The van der Waals surface area contributed by atoms with Gasteiger partial charge in [0.2, 0.25) is 10.0 Å². The monoisotopic (exact) mass is 462 g/mol. The zero-order valence-electron chi connectivity index (χ0n) is 18.2. The quantitative estimate of drug-likeness (QED) is 0.603. The lowest BCUT2D eigenvalue weighted by molar-refractivity contribution is 0.0628. The van der Waals surface area contributed by atoms with Crippen molar-refractivity contribution in [3.05, 3.63) is 45.9 Å². The molecule has 0 unspecified atom stereocenters. The van der Waals surface area contributed by atoms with Gasteiger partial charge in [0.05, 0.1) is 17.1 Å². The van der Waals surface area contributed by atoms with E-state index < -0.39 is 10.0 Å². The van der Waals surface area contributed by atoms with Crippen LogP contribution >= 0.6 is 11.3 Å². The van der Waals surface area contributed by atoms with E-state index in [9.17, 15) is 13.2 Å². The van der Waals surface area contributed by atoms with Gasteiger partial charge in [0.15, 0.2) is 0 Å². The van der Waals surface area contributed by atoms with Crippen molar-refractivity contribution < 1.29 is 13.2 Å². The number of benzene rings is 1. The summed E-state index contributed by atoms with van der Waals surface area (Å²) in [4.78, 5) is 22.1. The number of carbonyl (C=O) groups excluding carboxylic acids is 1. The van der Waals surface area contributed by atoms with Crippen molar-refractivity contribution in [3.8, 4) is 0 Å². The second-order valence-electron chi connectivity index (χ2n) is 8.12. The molecule has 9 heteroatoms. The maximum atomic E-state index is 12.9. The van der Waals surface area contributed by atoms with Crippen molar-refractivity contribution in [1.82, 2.24) is 19.1 Å². The molecule has 1 saturated heterocycles. The molecule has 31 heavy (non-hydrogen) atoms. The molecule has 0 N–H and O–H groups in total. The number of aromatic nitrogens is 1. The van der Waals surface area contributed by atoms with Crippen LogP contribution in [0.3, 0.4) is 0 Å². The molecule has 0 bridgehead atoms. The molecule has 1 aromatic carbocycles. The summed E-state index contributed by atoms with van der Waals surface area (Å²) in [6.45, 7) is 8.30. The maximum absolute atomic E-state index is 12.9. The fraction of sp³-hybridized carbons (Fsp3) is 0.545. The van der Waals surface area contributed by atoms with Crippen molar-refractivity contribution in [2.45, 2.75) is 44.0 Å². The predicted molar refractivity (Wildman–Crippen MR) is 122 cm³/mol. The lowest BCUT2D eigenvalue weighted by atomic mass is 10.2. The van der Waals surface area contributed by atoms with Gasteiger partial charge in [-0.15, -0.1) is 11.3 Å². The van der Waals surface area contributed by atoms with Gasteiger partial charge in [-0.05, 0) is 37.1 Å². The Morgan fingerprint density at radius 3 is 2.32 bits per heavy atom. The Morgan fingerprint density at radius 1 is 1.10 bits per heavy atom. The normalized spacial score (nSPS) is 18.0. The first kappa shape index (κ1) is 22.4. The van der Waals surface area contributed by atoms with E-state index in [0.717, 1.165) is 24.6 Å². The van der Waals surface area contributed by atoms with Crippen LogP contribution in [-0.2, 0) is 16.6 Å². The molecule has 2 aromatic rings. The highest BCUT2D eigenvalue weighted by molar-refractivity contribution is 7.89. The number of nitrogens with zero attached hydrogens (tertiary/aromatic N) is 4. The van der Waals surface area contributed by atoms with Gasteiger partial charge < -0.3 is 4.90 Å². The van der Waals surface area contributed by atoms with E-state index in [2.05, 4.69) is 10.3 Å². The van der Waals surface area contributed by atoms with Gasteiger partial charge >= 0.3 is 0 Å². The summed E-state index contributed by atoms with van der Waals surface area (Å²) in [7, 11) is -3.51. The van der Waals surface area contributed by atoms with Crippen molar-refractivity contribution in [2.24, 2.45) is 0 Å². The Labute approximate surface area is 188 Å². The molecule has 1 aromatic heterocycles. The highest BCUT2D eigenvalue weighted by Crippen LogP contribution is 2.40. The van der Waals surface area contributed by atoms with Crippen LogP contribution in [-0.4, -0.2) is 72.7 Å². The van der Waals surface area contributed by atoms with Crippen LogP contribution in [0, 0.1) is 0 Å². The van der Waals surface area contributed by atoms with Gasteiger partial charge in [-0.2, -0.15) is 4.31 Å². The fourth-order valence-electron chi connectivity index (χ4n) is 3.93. The standard InChI is InChI=1S/C22H30N4O3S2/c1-3-26(4-2)31(28,29)19-9-7-18(8-10-19)22(27)25-13-11-24(12-14-25)15-21-23-20(16-30-21)17-5-6-17/h7-10,16-17H,3-6,11-15H2,1-2H3. The predicted octanol–water partition coefficient (Wildman–Crippen LogP) is 3.01. The summed E-state index contributed by atoms with van der Waals surface area (Å²) in [6.07, 6.45) is 2.54. The molecule has 4 rings (SSSR count). The van der Waals surface area contributed by atoms with Gasteiger partial charge in [0.1, 0.15) is 5.01 Å². The highest BCUT2D eigenvalue weighted by Gasteiger charge is 2.27. The third-order valence-electron chi connectivity index (χ3n) is 6.03. The van der Waals surface area contributed by atoms with Crippen LogP contribution in [0.2, 0.25) is 0 Å². The summed E-state index contributed by atoms with van der Waals surface area (Å²) in [5, 5.41) is 3.35. The smallest absolute Gasteiger partial charge is 0.253 e. The number of rotatable bonds is 8. The minimum atomic E-state index is -3.51. The molecule has 2 aliphatic rings. The van der Waals surface area contributed by atoms with Crippen molar-refractivity contribution in [2.75, 3.05) is 39.3 Å². The van der Waals surface area contributed by atoms with Crippen LogP contribution in [0.1, 0.15) is 53.7 Å². The molecule has 1 aliphatic heterocycles. The topological polar surface area (TPSA) is 73.8 Å². The van der Waals surface area contributed by atoms with Gasteiger partial charge in [0, 0.05) is 56.1 Å². The first-order valence-electron chi connectivity index (χ1n) is 11.0. The van der Waals surface area contributed by atoms with E-state index in [1.807, 2.05) is 18.7 Å². The molecule has 1 saturated carbocycles. The average Bonchev–Trinajstić information content (AvgIpc) is 3.53. The van der Waals surface area contributed by atoms with Crippen LogP contribution in [0.4, 0.5) is 0 Å². The minimum absolute atomic E-state index is 0.0447. The maximum Gasteiger partial charge on any atom is 0.253 e. The lowest BCUT2D eigenvalue weighted by Crippen LogP contribution is -2.48. The molecule has 0 radical (unpaired) electrons. The van der Waals surface area contributed by atoms with E-state index in [0.29, 0.717) is 37.7 Å². The van der Waals surface area contributed by atoms with E-state index in [4.69, 9.17) is 4.98 Å². The number of sulfonamides is 1. The third-order valence-corrected chi connectivity index (χ3v) is 8.94. The van der Waals surface area contributed by atoms with Crippen molar-refractivity contribution in [3.63, 3.8) is 0 Å². The summed E-state index contributed by atoms with van der Waals surface area (Å²) < 4.78 is 26.7. The van der Waals surface area contributed by atoms with E-state index in [1.54, 1.807) is 23.5 Å². The average molecular weight is 463 g/mol. The zero-order chi connectivity index (χ0) is 22.0. The lowest BCUT2D eigenvalue weighted by Gasteiger charge is -2.34. The molecule has 1 amide bonds. The van der Waals surface area contributed by atoms with E-state index >= 15 is 0 Å². The Morgan fingerprint density at radius 2 is 1.74 bits per heavy atom. The van der Waals surface area contributed by atoms with E-state index in [-0.39, 0.29) is 10.8 Å². The number of hydrogen-bond donors (Lipinski definition) is 0. The molecule has 7 nitrogen and oxygen atoms in total. The second kappa shape index (κ2) is 9.36. The molecule has 1 aliphatic carbocycles. The van der Waals surface area contributed by atoms with Crippen LogP contribution in [0.5, 0.6) is 0 Å². The highest BCUT2D eigenvalue weighted by atomic mass is 32.2. The van der Waals surface area contributed by atoms with Crippen LogP contribution in [0.15, 0.2) is 34.5 Å². The summed E-state index contributed by atoms with van der Waals surface area (Å²) in [5.74, 6) is 0.643. The zero-order valence-corrected chi connectivity index (χ0v) is 19.8. The molecule has 0 spiro atoms.